The van der Waals surface area contributed by atoms with Crippen LogP contribution in [0.4, 0.5) is 0 Å². The molecule has 3 aromatic carbocycles. The molecule has 1 aliphatic rings. The first-order valence-electron chi connectivity index (χ1n) is 10.8. The molecule has 1 atom stereocenters. The molecule has 0 saturated heterocycles. The highest BCUT2D eigenvalue weighted by Gasteiger charge is 2.35. The Hall–Kier alpha value is -3.42. The minimum atomic E-state index is -0.811. The van der Waals surface area contributed by atoms with Crippen LogP contribution >= 0.6 is 0 Å². The van der Waals surface area contributed by atoms with Crippen LogP contribution in [0.2, 0.25) is 0 Å². The number of methoxy groups -OCH3 is 1. The summed E-state index contributed by atoms with van der Waals surface area (Å²) in [6, 6.07) is 22.5. The van der Waals surface area contributed by atoms with E-state index >= 15 is 0 Å². The number of fused-ring (bicyclic) bond motifs is 3. The zero-order valence-corrected chi connectivity index (χ0v) is 18.9. The number of carbonyl (C=O) groups is 2. The Morgan fingerprint density at radius 2 is 1.39 bits per heavy atom. The lowest BCUT2D eigenvalue weighted by Gasteiger charge is -2.20. The zero-order chi connectivity index (χ0) is 23.4. The normalized spacial score (nSPS) is 13.1. The lowest BCUT2D eigenvalue weighted by Crippen LogP contribution is -2.45. The second-order valence-electron chi connectivity index (χ2n) is 7.94. The van der Waals surface area contributed by atoms with Crippen LogP contribution in [-0.4, -0.2) is 46.4 Å². The molecule has 0 bridgehead atoms. The van der Waals surface area contributed by atoms with Gasteiger partial charge in [0.1, 0.15) is 6.04 Å². The van der Waals surface area contributed by atoms with Crippen LogP contribution in [0.1, 0.15) is 22.6 Å². The summed E-state index contributed by atoms with van der Waals surface area (Å²) in [6.07, 6.45) is 0.305. The number of esters is 1. The van der Waals surface area contributed by atoms with Crippen LogP contribution < -0.4 is 10.8 Å². The van der Waals surface area contributed by atoms with Crippen molar-refractivity contribution < 1.29 is 23.6 Å². The second kappa shape index (κ2) is 10.0. The van der Waals surface area contributed by atoms with Gasteiger partial charge in [-0.1, -0.05) is 72.8 Å². The summed E-state index contributed by atoms with van der Waals surface area (Å²) in [6.45, 7) is 0. The monoisotopic (exact) mass is 443 g/mol. The fraction of sp³-hybridized carbons (Fsp3) is 0.231. The Morgan fingerprint density at radius 3 is 1.91 bits per heavy atom. The van der Waals surface area contributed by atoms with E-state index in [1.807, 2.05) is 72.8 Å². The molecular weight excluding hydrogens is 417 g/mol. The smallest absolute Gasteiger partial charge is 0.467 e. The number of rotatable bonds is 8. The quantitative estimate of drug-likeness (QED) is 0.428. The summed E-state index contributed by atoms with van der Waals surface area (Å²) >= 11 is 0. The van der Waals surface area contributed by atoms with Crippen molar-refractivity contribution in [2.45, 2.75) is 18.4 Å². The number of hydrogen-bond donors (Lipinski definition) is 1. The number of hydrogen-bond acceptors (Lipinski definition) is 5. The summed E-state index contributed by atoms with van der Waals surface area (Å²) in [4.78, 5) is 26.0. The molecule has 1 amide bonds. The van der Waals surface area contributed by atoms with Crippen molar-refractivity contribution in [3.63, 3.8) is 0 Å². The first-order chi connectivity index (χ1) is 16.1. The van der Waals surface area contributed by atoms with Crippen LogP contribution in [-0.2, 0) is 30.1 Å². The summed E-state index contributed by atoms with van der Waals surface area (Å²) < 4.78 is 15.5. The minimum absolute atomic E-state index is 0.224. The topological polar surface area (TPSA) is 73.9 Å². The van der Waals surface area contributed by atoms with E-state index in [-0.39, 0.29) is 5.91 Å². The fourth-order valence-corrected chi connectivity index (χ4v) is 4.44. The molecule has 1 N–H and O–H groups in total. The average molecular weight is 443 g/mol. The van der Waals surface area contributed by atoms with Crippen molar-refractivity contribution in [2.24, 2.45) is 0 Å². The highest BCUT2D eigenvalue weighted by atomic mass is 16.6. The SMILES string of the molecule is COB(OC)c1ccc(C[C@H](NC(=O)C2c3ccccc3-c3ccccc32)C(=O)OC)cc1. The summed E-state index contributed by atoms with van der Waals surface area (Å²) in [7, 11) is 4.01. The first-order valence-corrected chi connectivity index (χ1v) is 10.8. The fourth-order valence-electron chi connectivity index (χ4n) is 4.44. The maximum atomic E-state index is 13.5. The number of benzene rings is 3. The standard InChI is InChI=1S/C26H26BNO5/c1-31-26(30)23(16-17-12-14-18(15-13-17)27(32-2)33-3)28-25(29)24-21-10-6-4-8-19(21)20-9-5-7-11-22(20)24/h4-15,23-24H,16H2,1-3H3,(H,28,29)/t23-/m0/s1. The van der Waals surface area contributed by atoms with Crippen molar-refractivity contribution in [1.29, 1.82) is 0 Å². The molecule has 0 fully saturated rings. The largest absolute Gasteiger partial charge is 0.493 e. The van der Waals surface area contributed by atoms with Crippen molar-refractivity contribution in [3.05, 3.63) is 89.5 Å². The minimum Gasteiger partial charge on any atom is -0.467 e. The predicted molar refractivity (Wildman–Crippen MR) is 127 cm³/mol. The lowest BCUT2D eigenvalue weighted by molar-refractivity contribution is -0.145. The van der Waals surface area contributed by atoms with E-state index in [4.69, 9.17) is 14.0 Å². The van der Waals surface area contributed by atoms with E-state index in [0.29, 0.717) is 6.42 Å². The van der Waals surface area contributed by atoms with Crippen molar-refractivity contribution in [1.82, 2.24) is 5.32 Å². The Kier molecular flexibility index (Phi) is 6.91. The molecule has 6 nitrogen and oxygen atoms in total. The van der Waals surface area contributed by atoms with Gasteiger partial charge in [0, 0.05) is 20.6 Å². The van der Waals surface area contributed by atoms with Gasteiger partial charge in [-0.3, -0.25) is 4.79 Å². The molecule has 0 aliphatic heterocycles. The third-order valence-electron chi connectivity index (χ3n) is 6.02. The molecule has 1 aliphatic carbocycles. The van der Waals surface area contributed by atoms with E-state index in [1.165, 1.54) is 7.11 Å². The molecule has 0 saturated carbocycles. The number of amides is 1. The Bertz CT molecular complexity index is 1100. The molecular formula is C26H26BNO5. The molecule has 4 rings (SSSR count). The first kappa shape index (κ1) is 22.8. The maximum Gasteiger partial charge on any atom is 0.493 e. The van der Waals surface area contributed by atoms with Crippen LogP contribution in [0.3, 0.4) is 0 Å². The average Bonchev–Trinajstić information content (AvgIpc) is 3.19. The van der Waals surface area contributed by atoms with Crippen LogP contribution in [0.15, 0.2) is 72.8 Å². The molecule has 0 unspecified atom stereocenters. The van der Waals surface area contributed by atoms with Crippen LogP contribution in [0, 0.1) is 0 Å². The van der Waals surface area contributed by atoms with Gasteiger partial charge < -0.3 is 19.4 Å². The van der Waals surface area contributed by atoms with E-state index in [2.05, 4.69) is 5.32 Å². The molecule has 0 spiro atoms. The Balaban J connectivity index is 1.56. The Labute approximate surface area is 194 Å². The maximum absolute atomic E-state index is 13.5. The molecule has 0 aromatic heterocycles. The van der Waals surface area contributed by atoms with Crippen molar-refractivity contribution >= 4 is 24.5 Å². The van der Waals surface area contributed by atoms with E-state index in [0.717, 1.165) is 33.3 Å². The van der Waals surface area contributed by atoms with Crippen LogP contribution in [0.5, 0.6) is 0 Å². The van der Waals surface area contributed by atoms with Crippen molar-refractivity contribution in [3.8, 4) is 11.1 Å². The van der Waals surface area contributed by atoms with Gasteiger partial charge in [-0.15, -0.1) is 0 Å². The lowest BCUT2D eigenvalue weighted by atomic mass is 9.78. The predicted octanol–water partition coefficient (Wildman–Crippen LogP) is 2.69. The van der Waals surface area contributed by atoms with Gasteiger partial charge in [0.05, 0.1) is 13.0 Å². The van der Waals surface area contributed by atoms with Gasteiger partial charge in [0.25, 0.3) is 0 Å². The molecule has 168 valence electrons. The van der Waals surface area contributed by atoms with Gasteiger partial charge in [-0.2, -0.15) is 0 Å². The summed E-state index contributed by atoms with van der Waals surface area (Å²) in [5.41, 5.74) is 5.71. The molecule has 0 radical (unpaired) electrons. The molecule has 33 heavy (non-hydrogen) atoms. The van der Waals surface area contributed by atoms with Gasteiger partial charge >= 0.3 is 13.1 Å². The van der Waals surface area contributed by atoms with Gasteiger partial charge in [0.15, 0.2) is 0 Å². The second-order valence-corrected chi connectivity index (χ2v) is 7.94. The molecule has 0 heterocycles. The van der Waals surface area contributed by atoms with E-state index in [1.54, 1.807) is 14.2 Å². The molecule has 7 heteroatoms. The summed E-state index contributed by atoms with van der Waals surface area (Å²) in [5, 5.41) is 2.94. The summed E-state index contributed by atoms with van der Waals surface area (Å²) in [5.74, 6) is -1.19. The van der Waals surface area contributed by atoms with Gasteiger partial charge in [-0.25, -0.2) is 4.79 Å². The highest BCUT2D eigenvalue weighted by Crippen LogP contribution is 2.44. The van der Waals surface area contributed by atoms with Gasteiger partial charge in [-0.05, 0) is 33.3 Å². The Morgan fingerprint density at radius 1 is 0.848 bits per heavy atom. The molecule has 3 aromatic rings. The number of nitrogens with one attached hydrogen (secondary N) is 1. The zero-order valence-electron chi connectivity index (χ0n) is 18.9. The number of ether oxygens (including phenoxy) is 1. The third-order valence-corrected chi connectivity index (χ3v) is 6.02. The highest BCUT2D eigenvalue weighted by molar-refractivity contribution is 6.61. The number of carbonyl (C=O) groups excluding carboxylic acids is 2. The van der Waals surface area contributed by atoms with E-state index < -0.39 is 25.0 Å². The van der Waals surface area contributed by atoms with E-state index in [9.17, 15) is 9.59 Å². The third kappa shape index (κ3) is 4.56. The van der Waals surface area contributed by atoms with Gasteiger partial charge in [0.2, 0.25) is 5.91 Å². The van der Waals surface area contributed by atoms with Crippen molar-refractivity contribution in [2.75, 3.05) is 21.3 Å². The van der Waals surface area contributed by atoms with Crippen LogP contribution in [0.25, 0.3) is 11.1 Å².